The number of alkyl halides is 1. The molecule has 1 aliphatic heterocycles. The molecule has 2 atom stereocenters. The predicted octanol–water partition coefficient (Wildman–Crippen LogP) is -0.290. The molecular weight excluding hydrogens is 343 g/mol. The zero-order chi connectivity index (χ0) is 11.8. The molecule has 0 spiro atoms. The highest BCUT2D eigenvalue weighted by Crippen LogP contribution is 2.29. The molecule has 16 heavy (non-hydrogen) atoms. The van der Waals surface area contributed by atoms with Crippen molar-refractivity contribution >= 4 is 32.6 Å². The number of rotatable bonds is 3. The number of hydrogen-bond acceptors (Lipinski definition) is 5. The fourth-order valence-electron chi connectivity index (χ4n) is 1.57. The van der Waals surface area contributed by atoms with Crippen LogP contribution in [0.4, 0.5) is 0 Å². The van der Waals surface area contributed by atoms with E-state index in [2.05, 4.69) is 32.6 Å². The van der Waals surface area contributed by atoms with E-state index in [1.54, 1.807) is 12.4 Å². The highest BCUT2D eigenvalue weighted by atomic mass is 127. The second-order valence-corrected chi connectivity index (χ2v) is 6.74. The third-order valence-electron chi connectivity index (χ3n) is 2.49. The fourth-order valence-corrected chi connectivity index (χ4v) is 4.34. The van der Waals surface area contributed by atoms with Crippen LogP contribution in [-0.2, 0) is 16.6 Å². The van der Waals surface area contributed by atoms with Crippen molar-refractivity contribution in [3.63, 3.8) is 0 Å². The number of nitrogens with zero attached hydrogens (tertiary/aromatic N) is 3. The number of nitrogens with two attached hydrogens (primary N) is 1. The quantitative estimate of drug-likeness (QED) is 0.458. The molecule has 0 aliphatic carbocycles. The highest BCUT2D eigenvalue weighted by molar-refractivity contribution is 14.1. The summed E-state index contributed by atoms with van der Waals surface area (Å²) in [6.45, 7) is 1.13. The van der Waals surface area contributed by atoms with E-state index in [1.165, 1.54) is 6.33 Å². The van der Waals surface area contributed by atoms with E-state index < -0.39 is 15.3 Å². The van der Waals surface area contributed by atoms with Crippen molar-refractivity contribution in [1.82, 2.24) is 14.9 Å². The van der Waals surface area contributed by atoms with Gasteiger partial charge in [0.1, 0.15) is 11.6 Å². The van der Waals surface area contributed by atoms with Crippen molar-refractivity contribution in [1.29, 1.82) is 0 Å². The van der Waals surface area contributed by atoms with Gasteiger partial charge in [-0.3, -0.25) is 4.90 Å². The molecule has 0 amide bonds. The first-order valence-electron chi connectivity index (χ1n) is 4.62. The molecule has 2 N–H and O–H groups in total. The maximum Gasteiger partial charge on any atom is 0.215 e. The maximum absolute atomic E-state index is 11.1. The van der Waals surface area contributed by atoms with Crippen LogP contribution in [0.2, 0.25) is 0 Å². The molecule has 2 rings (SSSR count). The van der Waals surface area contributed by atoms with Gasteiger partial charge in [0.05, 0.1) is 4.05 Å². The van der Waals surface area contributed by atoms with Crippen LogP contribution in [0.15, 0.2) is 18.7 Å². The normalized spacial score (nSPS) is 26.4. The Morgan fingerprint density at radius 2 is 2.12 bits per heavy atom. The lowest BCUT2D eigenvalue weighted by Gasteiger charge is -2.43. The zero-order valence-corrected chi connectivity index (χ0v) is 11.3. The molecule has 1 aromatic heterocycles. The van der Waals surface area contributed by atoms with Gasteiger partial charge < -0.3 is 0 Å². The number of aromatic nitrogens is 2. The Labute approximate surface area is 107 Å². The minimum atomic E-state index is -3.42. The summed E-state index contributed by atoms with van der Waals surface area (Å²) in [6, 6.07) is 0. The third-order valence-corrected chi connectivity index (χ3v) is 5.89. The lowest BCUT2D eigenvalue weighted by molar-refractivity contribution is 0.161. The summed E-state index contributed by atoms with van der Waals surface area (Å²) >= 11 is 2.10. The minimum Gasteiger partial charge on any atom is -0.285 e. The van der Waals surface area contributed by atoms with E-state index in [1.807, 2.05) is 4.90 Å². The molecule has 6 nitrogen and oxygen atoms in total. The second-order valence-electron chi connectivity index (χ2n) is 3.68. The zero-order valence-electron chi connectivity index (χ0n) is 8.32. The Morgan fingerprint density at radius 3 is 2.62 bits per heavy atom. The Kier molecular flexibility index (Phi) is 3.42. The summed E-state index contributed by atoms with van der Waals surface area (Å²) < 4.78 is 22.2. The van der Waals surface area contributed by atoms with Crippen molar-refractivity contribution in [2.45, 2.75) is 15.8 Å². The summed E-state index contributed by atoms with van der Waals surface area (Å²) in [4.78, 5) is 9.83. The Hall–Kier alpha value is -0.320. The molecule has 0 radical (unpaired) electrons. The first-order valence-corrected chi connectivity index (χ1v) is 7.47. The number of primary sulfonamides is 1. The lowest BCUT2D eigenvalue weighted by atomic mass is 10.2. The van der Waals surface area contributed by atoms with Crippen molar-refractivity contribution < 1.29 is 8.42 Å². The van der Waals surface area contributed by atoms with Crippen molar-refractivity contribution in [2.75, 3.05) is 6.54 Å². The third kappa shape index (κ3) is 2.50. The van der Waals surface area contributed by atoms with E-state index in [0.29, 0.717) is 13.1 Å². The van der Waals surface area contributed by atoms with Crippen molar-refractivity contribution in [3.05, 3.63) is 24.3 Å². The second kappa shape index (κ2) is 4.51. The average Bonchev–Trinajstić information content (AvgIpc) is 2.23. The molecule has 2 heterocycles. The standard InChI is InChI=1S/C8H11IN4O2S/c9-8-7(16(10,14)15)4-13(8)3-6-1-11-5-12-2-6/h1-2,5,7-8H,3-4H2,(H2,10,14,15). The largest absolute Gasteiger partial charge is 0.285 e. The SMILES string of the molecule is NS(=O)(=O)C1CN(Cc2cncnc2)C1I. The molecule has 0 saturated carbocycles. The Bertz CT molecular complexity index is 466. The van der Waals surface area contributed by atoms with Crippen LogP contribution < -0.4 is 5.14 Å². The van der Waals surface area contributed by atoms with Gasteiger partial charge in [0.2, 0.25) is 10.0 Å². The number of halogens is 1. The molecule has 1 aliphatic rings. The fraction of sp³-hybridized carbons (Fsp3) is 0.500. The first-order chi connectivity index (χ1) is 7.48. The molecule has 88 valence electrons. The van der Waals surface area contributed by atoms with Gasteiger partial charge >= 0.3 is 0 Å². The van der Waals surface area contributed by atoms with Gasteiger partial charge in [-0.15, -0.1) is 0 Å². The van der Waals surface area contributed by atoms with E-state index in [4.69, 9.17) is 5.14 Å². The molecule has 2 unspecified atom stereocenters. The van der Waals surface area contributed by atoms with Gasteiger partial charge in [0, 0.05) is 31.0 Å². The van der Waals surface area contributed by atoms with Gasteiger partial charge in [-0.1, -0.05) is 22.6 Å². The summed E-state index contributed by atoms with van der Waals surface area (Å²) in [5.41, 5.74) is 0.969. The Morgan fingerprint density at radius 1 is 1.50 bits per heavy atom. The van der Waals surface area contributed by atoms with Gasteiger partial charge in [0.25, 0.3) is 0 Å². The first kappa shape index (κ1) is 12.1. The topological polar surface area (TPSA) is 89.2 Å². The van der Waals surface area contributed by atoms with Crippen LogP contribution in [0.3, 0.4) is 0 Å². The number of likely N-dealkylation sites (tertiary alicyclic amines) is 1. The van der Waals surface area contributed by atoms with Crippen LogP contribution in [0.5, 0.6) is 0 Å². The van der Waals surface area contributed by atoms with Crippen LogP contribution in [0.1, 0.15) is 5.56 Å². The van der Waals surface area contributed by atoms with Gasteiger partial charge in [0.15, 0.2) is 0 Å². The Balaban J connectivity index is 1.97. The summed E-state index contributed by atoms with van der Waals surface area (Å²) in [7, 11) is -3.42. The van der Waals surface area contributed by atoms with Gasteiger partial charge in [-0.2, -0.15) is 0 Å². The molecule has 8 heteroatoms. The van der Waals surface area contributed by atoms with Crippen molar-refractivity contribution in [3.8, 4) is 0 Å². The number of sulfonamides is 1. The predicted molar refractivity (Wildman–Crippen MR) is 67.1 cm³/mol. The number of hydrogen-bond donors (Lipinski definition) is 1. The average molecular weight is 354 g/mol. The maximum atomic E-state index is 11.1. The molecule has 1 fully saturated rings. The minimum absolute atomic E-state index is 0.0761. The molecule has 1 saturated heterocycles. The van der Waals surface area contributed by atoms with E-state index >= 15 is 0 Å². The highest BCUT2D eigenvalue weighted by Gasteiger charge is 2.43. The van der Waals surface area contributed by atoms with Gasteiger partial charge in [-0.05, 0) is 0 Å². The lowest BCUT2D eigenvalue weighted by Crippen LogP contribution is -2.60. The summed E-state index contributed by atoms with van der Waals surface area (Å²) in [5.74, 6) is 0. The molecular formula is C8H11IN4O2S. The van der Waals surface area contributed by atoms with E-state index in [9.17, 15) is 8.42 Å². The van der Waals surface area contributed by atoms with Crippen LogP contribution in [0.25, 0.3) is 0 Å². The molecule has 0 aromatic carbocycles. The van der Waals surface area contributed by atoms with Gasteiger partial charge in [-0.25, -0.2) is 23.5 Å². The van der Waals surface area contributed by atoms with E-state index in [-0.39, 0.29) is 4.05 Å². The van der Waals surface area contributed by atoms with Crippen LogP contribution >= 0.6 is 22.6 Å². The summed E-state index contributed by atoms with van der Waals surface area (Å²) in [6.07, 6.45) is 4.91. The van der Waals surface area contributed by atoms with Crippen LogP contribution in [-0.4, -0.2) is 39.1 Å². The van der Waals surface area contributed by atoms with Crippen molar-refractivity contribution in [2.24, 2.45) is 5.14 Å². The monoisotopic (exact) mass is 354 g/mol. The molecule has 0 bridgehead atoms. The van der Waals surface area contributed by atoms with E-state index in [0.717, 1.165) is 5.56 Å². The molecule has 1 aromatic rings. The summed E-state index contributed by atoms with van der Waals surface area (Å²) in [5, 5.41) is 4.64. The smallest absolute Gasteiger partial charge is 0.215 e. The van der Waals surface area contributed by atoms with Crippen LogP contribution in [0, 0.1) is 0 Å².